The molecule has 1 aliphatic carbocycles. The zero-order valence-electron chi connectivity index (χ0n) is 9.24. The predicted molar refractivity (Wildman–Crippen MR) is 58.4 cm³/mol. The number of rotatable bonds is 3. The maximum absolute atomic E-state index is 11.9. The molecule has 0 aromatic rings. The van der Waals surface area contributed by atoms with Crippen LogP contribution in [0.25, 0.3) is 0 Å². The highest BCUT2D eigenvalue weighted by Crippen LogP contribution is 2.45. The highest BCUT2D eigenvalue weighted by Gasteiger charge is 2.47. The van der Waals surface area contributed by atoms with Crippen LogP contribution in [-0.4, -0.2) is 36.5 Å². The fourth-order valence-electron chi connectivity index (χ4n) is 3.07. The van der Waals surface area contributed by atoms with Gasteiger partial charge < -0.3 is 10.2 Å². The molecule has 3 rings (SSSR count). The van der Waals surface area contributed by atoms with Crippen molar-refractivity contribution in [3.63, 3.8) is 0 Å². The Hall–Kier alpha value is -0.570. The lowest BCUT2D eigenvalue weighted by Gasteiger charge is -2.27. The molecule has 0 radical (unpaired) electrons. The quantitative estimate of drug-likeness (QED) is 0.750. The van der Waals surface area contributed by atoms with Crippen molar-refractivity contribution in [1.82, 2.24) is 10.2 Å². The number of hydrogen-bond donors (Lipinski definition) is 1. The minimum absolute atomic E-state index is 0.426. The van der Waals surface area contributed by atoms with Crippen molar-refractivity contribution in [3.05, 3.63) is 0 Å². The van der Waals surface area contributed by atoms with E-state index in [1.54, 1.807) is 0 Å². The molecule has 2 saturated heterocycles. The zero-order valence-corrected chi connectivity index (χ0v) is 9.24. The Morgan fingerprint density at radius 1 is 1.40 bits per heavy atom. The molecule has 0 aromatic carbocycles. The average Bonchev–Trinajstić information content (AvgIpc) is 2.86. The van der Waals surface area contributed by atoms with Gasteiger partial charge in [-0.25, -0.2) is 0 Å². The summed E-state index contributed by atoms with van der Waals surface area (Å²) in [5.74, 6) is 1.64. The lowest BCUT2D eigenvalue weighted by atomic mass is 10.1. The van der Waals surface area contributed by atoms with Gasteiger partial charge in [-0.2, -0.15) is 0 Å². The van der Waals surface area contributed by atoms with E-state index in [-0.39, 0.29) is 0 Å². The van der Waals surface area contributed by atoms with E-state index in [0.717, 1.165) is 25.4 Å². The summed E-state index contributed by atoms with van der Waals surface area (Å²) in [5.41, 5.74) is 0. The van der Waals surface area contributed by atoms with Crippen LogP contribution in [0.4, 0.5) is 0 Å². The Morgan fingerprint density at radius 3 is 3.13 bits per heavy atom. The van der Waals surface area contributed by atoms with Crippen molar-refractivity contribution in [3.8, 4) is 0 Å². The summed E-state index contributed by atoms with van der Waals surface area (Å²) in [6.45, 7) is 3.18. The maximum atomic E-state index is 11.9. The van der Waals surface area contributed by atoms with Crippen LogP contribution < -0.4 is 5.32 Å². The lowest BCUT2D eigenvalue weighted by Crippen LogP contribution is -2.39. The molecule has 3 atom stereocenters. The first-order valence-corrected chi connectivity index (χ1v) is 6.37. The van der Waals surface area contributed by atoms with Gasteiger partial charge in [-0.3, -0.25) is 4.79 Å². The van der Waals surface area contributed by atoms with Crippen LogP contribution in [-0.2, 0) is 4.79 Å². The second-order valence-corrected chi connectivity index (χ2v) is 5.30. The summed E-state index contributed by atoms with van der Waals surface area (Å²) in [5, 5.41) is 3.49. The second-order valence-electron chi connectivity index (χ2n) is 5.30. The van der Waals surface area contributed by atoms with Crippen molar-refractivity contribution >= 4 is 5.91 Å². The molecule has 15 heavy (non-hydrogen) atoms. The van der Waals surface area contributed by atoms with Crippen molar-refractivity contribution in [1.29, 1.82) is 0 Å². The van der Waals surface area contributed by atoms with Crippen LogP contribution in [0.15, 0.2) is 0 Å². The fraction of sp³-hybridized carbons (Fsp3) is 0.917. The highest BCUT2D eigenvalue weighted by atomic mass is 16.2. The van der Waals surface area contributed by atoms with Crippen LogP contribution in [0.3, 0.4) is 0 Å². The third-order valence-electron chi connectivity index (χ3n) is 4.23. The highest BCUT2D eigenvalue weighted by molar-refractivity contribution is 5.82. The molecule has 0 aromatic heterocycles. The SMILES string of the molecule is O=C1C2CC2CCN1CCC1CCCN1. The Morgan fingerprint density at radius 2 is 2.33 bits per heavy atom. The summed E-state index contributed by atoms with van der Waals surface area (Å²) < 4.78 is 0. The lowest BCUT2D eigenvalue weighted by molar-refractivity contribution is -0.134. The van der Waals surface area contributed by atoms with Gasteiger partial charge in [0.2, 0.25) is 5.91 Å². The first-order valence-electron chi connectivity index (χ1n) is 6.37. The van der Waals surface area contributed by atoms with Gasteiger partial charge in [0.25, 0.3) is 0 Å². The largest absolute Gasteiger partial charge is 0.342 e. The van der Waals surface area contributed by atoms with Gasteiger partial charge in [-0.05, 0) is 44.6 Å². The molecule has 2 aliphatic heterocycles. The van der Waals surface area contributed by atoms with Crippen LogP contribution in [0.2, 0.25) is 0 Å². The summed E-state index contributed by atoms with van der Waals surface area (Å²) in [6, 6.07) is 0.676. The topological polar surface area (TPSA) is 32.3 Å². The van der Waals surface area contributed by atoms with Gasteiger partial charge in [0.15, 0.2) is 0 Å². The van der Waals surface area contributed by atoms with Gasteiger partial charge in [-0.1, -0.05) is 0 Å². The number of amides is 1. The molecular weight excluding hydrogens is 188 g/mol. The summed E-state index contributed by atoms with van der Waals surface area (Å²) in [4.78, 5) is 14.0. The smallest absolute Gasteiger partial charge is 0.225 e. The summed E-state index contributed by atoms with van der Waals surface area (Å²) in [6.07, 6.45) is 6.20. The van der Waals surface area contributed by atoms with E-state index in [1.165, 1.54) is 32.2 Å². The zero-order chi connectivity index (χ0) is 10.3. The second kappa shape index (κ2) is 3.78. The standard InChI is InChI=1S/C12H20N2O/c15-12-11-8-9(11)3-6-14(12)7-4-10-2-1-5-13-10/h9-11,13H,1-8H2. The summed E-state index contributed by atoms with van der Waals surface area (Å²) >= 11 is 0. The fourth-order valence-corrected chi connectivity index (χ4v) is 3.07. The average molecular weight is 208 g/mol. The van der Waals surface area contributed by atoms with Gasteiger partial charge in [0.05, 0.1) is 0 Å². The molecule has 3 fully saturated rings. The van der Waals surface area contributed by atoms with E-state index < -0.39 is 0 Å². The molecule has 0 bridgehead atoms. The number of piperidine rings is 1. The van der Waals surface area contributed by atoms with E-state index in [0.29, 0.717) is 17.9 Å². The van der Waals surface area contributed by atoms with Gasteiger partial charge in [0, 0.05) is 25.0 Å². The molecule has 3 unspecified atom stereocenters. The van der Waals surface area contributed by atoms with Crippen LogP contribution in [0, 0.1) is 11.8 Å². The third-order valence-corrected chi connectivity index (χ3v) is 4.23. The van der Waals surface area contributed by atoms with Gasteiger partial charge in [0.1, 0.15) is 0 Å². The first kappa shape index (κ1) is 9.64. The van der Waals surface area contributed by atoms with Crippen LogP contribution in [0.5, 0.6) is 0 Å². The predicted octanol–water partition coefficient (Wildman–Crippen LogP) is 0.997. The number of carbonyl (C=O) groups excluding carboxylic acids is 1. The number of hydrogen-bond acceptors (Lipinski definition) is 2. The van der Waals surface area contributed by atoms with Crippen molar-refractivity contribution < 1.29 is 4.79 Å². The molecule has 3 aliphatic rings. The normalized spacial score (nSPS) is 39.3. The Bertz CT molecular complexity index is 260. The molecule has 1 N–H and O–H groups in total. The van der Waals surface area contributed by atoms with Crippen LogP contribution in [0.1, 0.15) is 32.1 Å². The molecule has 3 heteroatoms. The van der Waals surface area contributed by atoms with Gasteiger partial charge >= 0.3 is 0 Å². The molecule has 2 heterocycles. The monoisotopic (exact) mass is 208 g/mol. The summed E-state index contributed by atoms with van der Waals surface area (Å²) in [7, 11) is 0. The number of likely N-dealkylation sites (tertiary alicyclic amines) is 1. The Kier molecular flexibility index (Phi) is 2.43. The number of nitrogens with zero attached hydrogens (tertiary/aromatic N) is 1. The first-order chi connectivity index (χ1) is 7.34. The molecule has 0 spiro atoms. The minimum Gasteiger partial charge on any atom is -0.342 e. The van der Waals surface area contributed by atoms with Crippen LogP contribution >= 0.6 is 0 Å². The van der Waals surface area contributed by atoms with E-state index in [9.17, 15) is 4.79 Å². The molecule has 3 nitrogen and oxygen atoms in total. The van der Waals surface area contributed by atoms with Crippen molar-refractivity contribution in [2.45, 2.75) is 38.1 Å². The van der Waals surface area contributed by atoms with E-state index in [1.807, 2.05) is 0 Å². The molecular formula is C12H20N2O. The molecule has 1 amide bonds. The maximum Gasteiger partial charge on any atom is 0.225 e. The van der Waals surface area contributed by atoms with E-state index in [4.69, 9.17) is 0 Å². The van der Waals surface area contributed by atoms with Crippen molar-refractivity contribution in [2.24, 2.45) is 11.8 Å². The van der Waals surface area contributed by atoms with Crippen molar-refractivity contribution in [2.75, 3.05) is 19.6 Å². The molecule has 1 saturated carbocycles. The number of nitrogens with one attached hydrogen (secondary N) is 1. The Labute approximate surface area is 91.2 Å². The van der Waals surface area contributed by atoms with E-state index in [2.05, 4.69) is 10.2 Å². The third kappa shape index (κ3) is 1.89. The minimum atomic E-state index is 0.426. The Balaban J connectivity index is 1.47. The number of carbonyl (C=O) groups is 1. The molecule has 84 valence electrons. The number of fused-ring (bicyclic) bond motifs is 1. The van der Waals surface area contributed by atoms with Gasteiger partial charge in [-0.15, -0.1) is 0 Å². The van der Waals surface area contributed by atoms with E-state index >= 15 is 0 Å².